The Kier molecular flexibility index (Phi) is 5.46. The van der Waals surface area contributed by atoms with Gasteiger partial charge in [-0.3, -0.25) is 0 Å². The summed E-state index contributed by atoms with van der Waals surface area (Å²) in [6.07, 6.45) is 2.21. The Morgan fingerprint density at radius 1 is 1.48 bits per heavy atom. The Morgan fingerprint density at radius 2 is 2.22 bits per heavy atom. The Balaban J connectivity index is 1.84. The van der Waals surface area contributed by atoms with E-state index in [0.717, 1.165) is 5.56 Å². The van der Waals surface area contributed by atoms with Crippen molar-refractivity contribution >= 4 is 15.9 Å². The number of aromatic nitrogens is 1. The molecular weight excluding hydrogens is 318 g/mol. The fraction of sp³-hybridized carbons (Fsp3) is 0.600. The van der Waals surface area contributed by atoms with Crippen LogP contribution in [0.1, 0.15) is 25.8 Å². The molecule has 2 rings (SSSR count). The summed E-state index contributed by atoms with van der Waals surface area (Å²) in [5, 5.41) is 2.77. The molecule has 8 heteroatoms. The van der Waals surface area contributed by atoms with Crippen molar-refractivity contribution in [2.45, 2.75) is 39.0 Å². The summed E-state index contributed by atoms with van der Waals surface area (Å²) in [7, 11) is -1.38. The molecule has 0 spiro atoms. The molecule has 0 aromatic carbocycles. The standard InChI is InChI=1S/C15H23N3O4S/c1-11(2)22-14-5-4-12(8-16-14)9-17-15(19)18(3)13-6-7-23(20,21)10-13/h4-5,8,11,13H,6-7,9-10H2,1-3H3,(H,17,19)/t13-/m1/s1. The fourth-order valence-electron chi connectivity index (χ4n) is 2.38. The minimum Gasteiger partial charge on any atom is -0.475 e. The van der Waals surface area contributed by atoms with Crippen LogP contribution in [0.3, 0.4) is 0 Å². The van der Waals surface area contributed by atoms with Crippen molar-refractivity contribution in [1.29, 1.82) is 0 Å². The maximum Gasteiger partial charge on any atom is 0.317 e. The SMILES string of the molecule is CC(C)Oc1ccc(CNC(=O)N(C)[C@@H]2CCS(=O)(=O)C2)cn1. The van der Waals surface area contributed by atoms with Crippen molar-refractivity contribution in [2.24, 2.45) is 0 Å². The summed E-state index contributed by atoms with van der Waals surface area (Å²) >= 11 is 0. The van der Waals surface area contributed by atoms with Gasteiger partial charge in [-0.25, -0.2) is 18.2 Å². The number of amides is 2. The Bertz CT molecular complexity index is 643. The van der Waals surface area contributed by atoms with Gasteiger partial charge >= 0.3 is 6.03 Å². The van der Waals surface area contributed by atoms with E-state index in [1.165, 1.54) is 4.90 Å². The highest BCUT2D eigenvalue weighted by molar-refractivity contribution is 7.91. The molecule has 2 heterocycles. The van der Waals surface area contributed by atoms with Crippen molar-refractivity contribution in [3.8, 4) is 5.88 Å². The average Bonchev–Trinajstić information content (AvgIpc) is 2.85. The van der Waals surface area contributed by atoms with Crippen molar-refractivity contribution in [1.82, 2.24) is 15.2 Å². The quantitative estimate of drug-likeness (QED) is 0.869. The second-order valence-corrected chi connectivity index (χ2v) is 8.23. The zero-order chi connectivity index (χ0) is 17.0. The third-order valence-electron chi connectivity index (χ3n) is 3.67. The Hall–Kier alpha value is -1.83. The normalized spacial score (nSPS) is 19.6. The van der Waals surface area contributed by atoms with Gasteiger partial charge in [0.05, 0.1) is 17.6 Å². The lowest BCUT2D eigenvalue weighted by atomic mass is 10.2. The number of urea groups is 1. The van der Waals surface area contributed by atoms with Gasteiger partial charge in [-0.1, -0.05) is 6.07 Å². The van der Waals surface area contributed by atoms with Crippen LogP contribution in [0.15, 0.2) is 18.3 Å². The van der Waals surface area contributed by atoms with Gasteiger partial charge in [-0.2, -0.15) is 0 Å². The molecular formula is C15H23N3O4S. The predicted molar refractivity (Wildman–Crippen MR) is 87.1 cm³/mol. The lowest BCUT2D eigenvalue weighted by Gasteiger charge is -2.23. The summed E-state index contributed by atoms with van der Waals surface area (Å²) in [6.45, 7) is 4.18. The Morgan fingerprint density at radius 3 is 2.74 bits per heavy atom. The zero-order valence-electron chi connectivity index (χ0n) is 13.7. The van der Waals surface area contributed by atoms with Crippen molar-refractivity contribution in [2.75, 3.05) is 18.6 Å². The van der Waals surface area contributed by atoms with Crippen LogP contribution in [0, 0.1) is 0 Å². The maximum atomic E-state index is 12.1. The van der Waals surface area contributed by atoms with Gasteiger partial charge in [-0.15, -0.1) is 0 Å². The van der Waals surface area contributed by atoms with E-state index in [4.69, 9.17) is 4.74 Å². The van der Waals surface area contributed by atoms with Crippen LogP contribution in [0.25, 0.3) is 0 Å². The molecule has 2 amide bonds. The van der Waals surface area contributed by atoms with Gasteiger partial charge < -0.3 is 15.0 Å². The largest absolute Gasteiger partial charge is 0.475 e. The Labute approximate surface area is 137 Å². The molecule has 1 aliphatic heterocycles. The van der Waals surface area contributed by atoms with E-state index in [-0.39, 0.29) is 29.7 Å². The van der Waals surface area contributed by atoms with Gasteiger partial charge in [0.25, 0.3) is 0 Å². The van der Waals surface area contributed by atoms with Gasteiger partial charge in [0.2, 0.25) is 5.88 Å². The lowest BCUT2D eigenvalue weighted by molar-refractivity contribution is 0.194. The van der Waals surface area contributed by atoms with Gasteiger partial charge in [0.1, 0.15) is 0 Å². The van der Waals surface area contributed by atoms with Crippen LogP contribution >= 0.6 is 0 Å². The van der Waals surface area contributed by atoms with E-state index in [9.17, 15) is 13.2 Å². The molecule has 0 unspecified atom stereocenters. The maximum absolute atomic E-state index is 12.1. The first kappa shape index (κ1) is 17.5. The van der Waals surface area contributed by atoms with Gasteiger partial charge in [0, 0.05) is 31.9 Å². The first-order chi connectivity index (χ1) is 10.8. The van der Waals surface area contributed by atoms with Gasteiger partial charge in [-0.05, 0) is 25.8 Å². The van der Waals surface area contributed by atoms with E-state index < -0.39 is 9.84 Å². The summed E-state index contributed by atoms with van der Waals surface area (Å²) in [5.41, 5.74) is 0.849. The molecule has 0 radical (unpaired) electrons. The lowest BCUT2D eigenvalue weighted by Crippen LogP contribution is -2.43. The van der Waals surface area contributed by atoms with E-state index in [1.807, 2.05) is 19.9 Å². The van der Waals surface area contributed by atoms with Crippen LogP contribution in [-0.2, 0) is 16.4 Å². The molecule has 0 bridgehead atoms. The summed E-state index contributed by atoms with van der Waals surface area (Å²) in [4.78, 5) is 17.7. The summed E-state index contributed by atoms with van der Waals surface area (Å²) in [6, 6.07) is 3.06. The first-order valence-corrected chi connectivity index (χ1v) is 9.41. The molecule has 1 fully saturated rings. The molecule has 1 aromatic rings. The predicted octanol–water partition coefficient (Wildman–Crippen LogP) is 1.20. The third kappa shape index (κ3) is 5.09. The smallest absolute Gasteiger partial charge is 0.317 e. The van der Waals surface area contributed by atoms with Crippen LogP contribution in [0.4, 0.5) is 4.79 Å². The molecule has 128 valence electrons. The number of ether oxygens (including phenoxy) is 1. The highest BCUT2D eigenvalue weighted by Gasteiger charge is 2.32. The number of nitrogens with one attached hydrogen (secondary N) is 1. The van der Waals surface area contributed by atoms with Gasteiger partial charge in [0.15, 0.2) is 9.84 Å². The molecule has 1 aliphatic rings. The molecule has 1 atom stereocenters. The molecule has 23 heavy (non-hydrogen) atoms. The molecule has 0 aliphatic carbocycles. The number of rotatable bonds is 5. The van der Waals surface area contributed by atoms with Crippen LogP contribution < -0.4 is 10.1 Å². The number of carbonyl (C=O) groups excluding carboxylic acids is 1. The number of sulfone groups is 1. The fourth-order valence-corrected chi connectivity index (χ4v) is 4.15. The van der Waals surface area contributed by atoms with E-state index >= 15 is 0 Å². The van der Waals surface area contributed by atoms with E-state index in [0.29, 0.717) is 18.8 Å². The molecule has 1 aromatic heterocycles. The number of hydrogen-bond acceptors (Lipinski definition) is 5. The number of nitrogens with zero attached hydrogens (tertiary/aromatic N) is 2. The van der Waals surface area contributed by atoms with E-state index in [1.54, 1.807) is 19.3 Å². The number of carbonyl (C=O) groups is 1. The highest BCUT2D eigenvalue weighted by atomic mass is 32.2. The molecule has 7 nitrogen and oxygen atoms in total. The minimum atomic E-state index is -3.00. The van der Waals surface area contributed by atoms with Crippen LogP contribution in [-0.4, -0.2) is 55.0 Å². The molecule has 0 saturated carbocycles. The zero-order valence-corrected chi connectivity index (χ0v) is 14.5. The second-order valence-electron chi connectivity index (χ2n) is 6.00. The summed E-state index contributed by atoms with van der Waals surface area (Å²) in [5.74, 6) is 0.735. The average molecular weight is 341 g/mol. The summed E-state index contributed by atoms with van der Waals surface area (Å²) < 4.78 is 28.4. The number of hydrogen-bond donors (Lipinski definition) is 1. The number of pyridine rings is 1. The highest BCUT2D eigenvalue weighted by Crippen LogP contribution is 2.16. The van der Waals surface area contributed by atoms with E-state index in [2.05, 4.69) is 10.3 Å². The topological polar surface area (TPSA) is 88.6 Å². The van der Waals surface area contributed by atoms with Crippen molar-refractivity contribution in [3.05, 3.63) is 23.9 Å². The van der Waals surface area contributed by atoms with Crippen LogP contribution in [0.5, 0.6) is 5.88 Å². The van der Waals surface area contributed by atoms with Crippen molar-refractivity contribution < 1.29 is 17.9 Å². The van der Waals surface area contributed by atoms with Crippen LogP contribution in [0.2, 0.25) is 0 Å². The minimum absolute atomic E-state index is 0.0414. The molecule has 1 N–H and O–H groups in total. The van der Waals surface area contributed by atoms with Crippen molar-refractivity contribution in [3.63, 3.8) is 0 Å². The third-order valence-corrected chi connectivity index (χ3v) is 5.42. The second kappa shape index (κ2) is 7.16. The monoisotopic (exact) mass is 341 g/mol. The first-order valence-electron chi connectivity index (χ1n) is 7.59. The molecule has 1 saturated heterocycles.